The van der Waals surface area contributed by atoms with E-state index in [1.807, 2.05) is 6.20 Å². The minimum atomic E-state index is -0.250. The fraction of sp³-hybridized carbons (Fsp3) is 0.100. The zero-order valence-corrected chi connectivity index (χ0v) is 7.10. The van der Waals surface area contributed by atoms with Crippen molar-refractivity contribution in [3.05, 3.63) is 41.6 Å². The van der Waals surface area contributed by atoms with E-state index in [1.165, 1.54) is 11.1 Å². The SMILES string of the molecule is C1=Cc2ccccc2CN1.O=CO. The summed E-state index contributed by atoms with van der Waals surface area (Å²) in [7, 11) is 0. The Bertz CT molecular complexity index is 308. The maximum Gasteiger partial charge on any atom is 0.290 e. The first kappa shape index (κ1) is 9.32. The molecule has 0 radical (unpaired) electrons. The molecule has 0 unspecified atom stereocenters. The van der Waals surface area contributed by atoms with E-state index in [4.69, 9.17) is 9.90 Å². The molecule has 0 amide bonds. The topological polar surface area (TPSA) is 49.3 Å². The summed E-state index contributed by atoms with van der Waals surface area (Å²) in [6.45, 7) is 0.715. The van der Waals surface area contributed by atoms with Crippen molar-refractivity contribution in [2.24, 2.45) is 0 Å². The minimum Gasteiger partial charge on any atom is -0.483 e. The van der Waals surface area contributed by atoms with Gasteiger partial charge in [0.05, 0.1) is 0 Å². The predicted octanol–water partition coefficient (Wildman–Crippen LogP) is 1.46. The van der Waals surface area contributed by atoms with E-state index >= 15 is 0 Å². The highest BCUT2D eigenvalue weighted by Crippen LogP contribution is 2.12. The first-order chi connectivity index (χ1) is 6.38. The third kappa shape index (κ3) is 2.63. The lowest BCUT2D eigenvalue weighted by molar-refractivity contribution is -0.122. The molecule has 1 aliphatic rings. The highest BCUT2D eigenvalue weighted by molar-refractivity contribution is 5.55. The molecule has 0 atom stereocenters. The number of hydrogen-bond donors (Lipinski definition) is 2. The summed E-state index contributed by atoms with van der Waals surface area (Å²) >= 11 is 0. The molecule has 0 aromatic heterocycles. The lowest BCUT2D eigenvalue weighted by Crippen LogP contribution is -2.09. The molecule has 3 nitrogen and oxygen atoms in total. The van der Waals surface area contributed by atoms with Crippen molar-refractivity contribution in [3.63, 3.8) is 0 Å². The summed E-state index contributed by atoms with van der Waals surface area (Å²) < 4.78 is 0. The zero-order valence-electron chi connectivity index (χ0n) is 7.10. The number of benzene rings is 1. The van der Waals surface area contributed by atoms with Gasteiger partial charge < -0.3 is 10.4 Å². The molecule has 1 aromatic rings. The van der Waals surface area contributed by atoms with E-state index in [1.54, 1.807) is 0 Å². The molecule has 1 aromatic carbocycles. The summed E-state index contributed by atoms with van der Waals surface area (Å²) in [6, 6.07) is 8.41. The van der Waals surface area contributed by atoms with Gasteiger partial charge in [0.1, 0.15) is 0 Å². The standard InChI is InChI=1S/C9H9N.CH2O2/c1-2-4-9-7-10-6-5-8(9)3-1;2-1-3/h1-6,10H,7H2;1H,(H,2,3). The van der Waals surface area contributed by atoms with Crippen LogP contribution in [-0.4, -0.2) is 11.6 Å². The zero-order chi connectivity index (χ0) is 9.52. The number of carboxylic acid groups (broad SMARTS) is 1. The summed E-state index contributed by atoms with van der Waals surface area (Å²) in [6.07, 6.45) is 4.08. The molecule has 1 heterocycles. The molecule has 0 saturated carbocycles. The molecule has 13 heavy (non-hydrogen) atoms. The summed E-state index contributed by atoms with van der Waals surface area (Å²) in [5, 5.41) is 10.0. The van der Waals surface area contributed by atoms with Crippen LogP contribution in [0.15, 0.2) is 30.5 Å². The van der Waals surface area contributed by atoms with Crippen LogP contribution in [0.3, 0.4) is 0 Å². The number of fused-ring (bicyclic) bond motifs is 1. The molecule has 1 aliphatic heterocycles. The first-order valence-electron chi connectivity index (χ1n) is 3.94. The number of rotatable bonds is 0. The molecule has 0 aliphatic carbocycles. The van der Waals surface area contributed by atoms with Crippen molar-refractivity contribution in [1.82, 2.24) is 5.32 Å². The van der Waals surface area contributed by atoms with E-state index in [0.717, 1.165) is 6.54 Å². The lowest BCUT2D eigenvalue weighted by Gasteiger charge is -2.10. The van der Waals surface area contributed by atoms with Crippen LogP contribution in [0, 0.1) is 0 Å². The Labute approximate surface area is 76.7 Å². The lowest BCUT2D eigenvalue weighted by atomic mass is 10.1. The maximum atomic E-state index is 8.36. The highest BCUT2D eigenvalue weighted by atomic mass is 16.3. The largest absolute Gasteiger partial charge is 0.483 e. The van der Waals surface area contributed by atoms with Gasteiger partial charge in [-0.05, 0) is 23.4 Å². The molecule has 2 N–H and O–H groups in total. The second kappa shape index (κ2) is 4.98. The van der Waals surface area contributed by atoms with E-state index in [-0.39, 0.29) is 6.47 Å². The first-order valence-corrected chi connectivity index (χ1v) is 3.94. The Hall–Kier alpha value is -1.77. The van der Waals surface area contributed by atoms with Gasteiger partial charge in [-0.25, -0.2) is 0 Å². The minimum absolute atomic E-state index is 0.250. The molecule has 0 fully saturated rings. The van der Waals surface area contributed by atoms with Crippen LogP contribution in [0.2, 0.25) is 0 Å². The Kier molecular flexibility index (Phi) is 3.57. The van der Waals surface area contributed by atoms with Gasteiger partial charge in [0.25, 0.3) is 6.47 Å². The second-order valence-corrected chi connectivity index (χ2v) is 2.52. The maximum absolute atomic E-state index is 8.36. The second-order valence-electron chi connectivity index (χ2n) is 2.52. The van der Waals surface area contributed by atoms with E-state index in [0.29, 0.717) is 0 Å². The Morgan fingerprint density at radius 2 is 2.08 bits per heavy atom. The van der Waals surface area contributed by atoms with Crippen LogP contribution in [0.4, 0.5) is 0 Å². The van der Waals surface area contributed by atoms with Crippen LogP contribution in [-0.2, 0) is 11.3 Å². The van der Waals surface area contributed by atoms with Gasteiger partial charge in [-0.3, -0.25) is 4.79 Å². The molecular formula is C10H11NO2. The molecule has 3 heteroatoms. The molecule has 2 rings (SSSR count). The van der Waals surface area contributed by atoms with Gasteiger partial charge in [-0.2, -0.15) is 0 Å². The summed E-state index contributed by atoms with van der Waals surface area (Å²) in [4.78, 5) is 8.36. The average Bonchev–Trinajstić information content (AvgIpc) is 2.19. The van der Waals surface area contributed by atoms with Crippen LogP contribution >= 0.6 is 0 Å². The number of nitrogens with one attached hydrogen (secondary N) is 1. The normalized spacial score (nSPS) is 11.7. The van der Waals surface area contributed by atoms with Crippen molar-refractivity contribution >= 4 is 12.5 Å². The van der Waals surface area contributed by atoms with Crippen molar-refractivity contribution in [2.45, 2.75) is 6.54 Å². The summed E-state index contributed by atoms with van der Waals surface area (Å²) in [5.74, 6) is 0. The van der Waals surface area contributed by atoms with Crippen molar-refractivity contribution < 1.29 is 9.90 Å². The third-order valence-electron chi connectivity index (χ3n) is 1.73. The fourth-order valence-corrected chi connectivity index (χ4v) is 1.18. The van der Waals surface area contributed by atoms with Crippen molar-refractivity contribution in [1.29, 1.82) is 0 Å². The van der Waals surface area contributed by atoms with Crippen LogP contribution in [0.5, 0.6) is 0 Å². The van der Waals surface area contributed by atoms with Crippen molar-refractivity contribution in [3.8, 4) is 0 Å². The van der Waals surface area contributed by atoms with Gasteiger partial charge in [-0.1, -0.05) is 24.3 Å². The third-order valence-corrected chi connectivity index (χ3v) is 1.73. The molecular weight excluding hydrogens is 166 g/mol. The van der Waals surface area contributed by atoms with Gasteiger partial charge in [0, 0.05) is 6.54 Å². The fourth-order valence-electron chi connectivity index (χ4n) is 1.18. The summed E-state index contributed by atoms with van der Waals surface area (Å²) in [5.41, 5.74) is 2.71. The molecule has 0 spiro atoms. The predicted molar refractivity (Wildman–Crippen MR) is 51.0 cm³/mol. The van der Waals surface area contributed by atoms with Gasteiger partial charge in [0.2, 0.25) is 0 Å². The Morgan fingerprint density at radius 3 is 2.77 bits per heavy atom. The number of hydrogen-bond acceptors (Lipinski definition) is 2. The van der Waals surface area contributed by atoms with E-state index < -0.39 is 0 Å². The average molecular weight is 177 g/mol. The number of carbonyl (C=O) groups is 1. The van der Waals surface area contributed by atoms with Crippen LogP contribution in [0.25, 0.3) is 6.08 Å². The smallest absolute Gasteiger partial charge is 0.290 e. The van der Waals surface area contributed by atoms with Gasteiger partial charge >= 0.3 is 0 Å². The van der Waals surface area contributed by atoms with Crippen molar-refractivity contribution in [2.75, 3.05) is 0 Å². The highest BCUT2D eigenvalue weighted by Gasteiger charge is 1.99. The van der Waals surface area contributed by atoms with Crippen LogP contribution in [0.1, 0.15) is 11.1 Å². The Morgan fingerprint density at radius 1 is 1.38 bits per heavy atom. The molecule has 0 bridgehead atoms. The van der Waals surface area contributed by atoms with Gasteiger partial charge in [-0.15, -0.1) is 0 Å². The van der Waals surface area contributed by atoms with E-state index in [2.05, 4.69) is 35.7 Å². The quantitative estimate of drug-likeness (QED) is 0.590. The van der Waals surface area contributed by atoms with Crippen LogP contribution < -0.4 is 5.32 Å². The van der Waals surface area contributed by atoms with E-state index in [9.17, 15) is 0 Å². The molecule has 68 valence electrons. The van der Waals surface area contributed by atoms with Gasteiger partial charge in [0.15, 0.2) is 0 Å². The Balaban J connectivity index is 0.000000251. The monoisotopic (exact) mass is 177 g/mol. The molecule has 0 saturated heterocycles.